The van der Waals surface area contributed by atoms with E-state index in [9.17, 15) is 19.1 Å². The zero-order valence-corrected chi connectivity index (χ0v) is 12.5. The molecule has 0 aromatic heterocycles. The van der Waals surface area contributed by atoms with E-state index in [-0.39, 0.29) is 6.42 Å². The highest BCUT2D eigenvalue weighted by Crippen LogP contribution is 2.07. The van der Waals surface area contributed by atoms with Crippen molar-refractivity contribution in [2.75, 3.05) is 0 Å². The van der Waals surface area contributed by atoms with Crippen LogP contribution in [0.25, 0.3) is 0 Å². The first-order valence-corrected chi connectivity index (χ1v) is 7.35. The predicted molar refractivity (Wildman–Crippen MR) is 84.4 cm³/mol. The fourth-order valence-corrected chi connectivity index (χ4v) is 2.29. The van der Waals surface area contributed by atoms with Crippen LogP contribution in [0.3, 0.4) is 0 Å². The lowest BCUT2D eigenvalue weighted by Crippen LogP contribution is -2.41. The first-order chi connectivity index (χ1) is 11.0. The van der Waals surface area contributed by atoms with Gasteiger partial charge in [-0.25, -0.2) is 9.18 Å². The molecule has 2 N–H and O–H groups in total. The molecule has 1 atom stereocenters. The molecular formula is C18H18FNO3. The van der Waals surface area contributed by atoms with Crippen molar-refractivity contribution in [2.45, 2.75) is 25.3 Å². The maximum Gasteiger partial charge on any atom is 0.326 e. The number of aliphatic carboxylic acids is 1. The maximum atomic E-state index is 13.1. The van der Waals surface area contributed by atoms with Gasteiger partial charge >= 0.3 is 5.97 Å². The average molecular weight is 315 g/mol. The third-order valence-corrected chi connectivity index (χ3v) is 3.45. The molecule has 0 radical (unpaired) electrons. The summed E-state index contributed by atoms with van der Waals surface area (Å²) in [6.45, 7) is 0. The summed E-state index contributed by atoms with van der Waals surface area (Å²) in [5.41, 5.74) is 1.52. The van der Waals surface area contributed by atoms with Crippen LogP contribution in [-0.2, 0) is 22.4 Å². The molecule has 120 valence electrons. The molecule has 2 aromatic rings. The van der Waals surface area contributed by atoms with Crippen molar-refractivity contribution >= 4 is 11.9 Å². The van der Waals surface area contributed by atoms with Gasteiger partial charge in [0.1, 0.15) is 11.9 Å². The van der Waals surface area contributed by atoms with Crippen LogP contribution in [-0.4, -0.2) is 23.0 Å². The highest BCUT2D eigenvalue weighted by molar-refractivity contribution is 5.84. The Balaban J connectivity index is 1.91. The number of carbonyl (C=O) groups is 2. The number of carbonyl (C=O) groups excluding carboxylic acids is 1. The molecule has 2 rings (SSSR count). The molecule has 0 aliphatic carbocycles. The van der Waals surface area contributed by atoms with Crippen LogP contribution in [0, 0.1) is 5.82 Å². The van der Waals surface area contributed by atoms with E-state index < -0.39 is 23.7 Å². The van der Waals surface area contributed by atoms with E-state index in [0.717, 1.165) is 5.56 Å². The Morgan fingerprint density at radius 1 is 1.04 bits per heavy atom. The Morgan fingerprint density at radius 3 is 2.39 bits per heavy atom. The predicted octanol–water partition coefficient (Wildman–Crippen LogP) is 2.57. The maximum absolute atomic E-state index is 13.1. The zero-order chi connectivity index (χ0) is 16.7. The standard InChI is InChI=1S/C18H18FNO3/c19-15-8-4-7-14(11-15)12-17(21)20-16(18(22)23)10-9-13-5-2-1-3-6-13/h1-8,11,16H,9-10,12H2,(H,20,21)(H,22,23)/t16-/m1/s1. The first kappa shape index (κ1) is 16.7. The molecule has 23 heavy (non-hydrogen) atoms. The number of benzene rings is 2. The van der Waals surface area contributed by atoms with Gasteiger partial charge in [0.05, 0.1) is 6.42 Å². The van der Waals surface area contributed by atoms with Crippen molar-refractivity contribution in [2.24, 2.45) is 0 Å². The summed E-state index contributed by atoms with van der Waals surface area (Å²) in [5, 5.41) is 11.7. The molecule has 1 amide bonds. The van der Waals surface area contributed by atoms with Gasteiger partial charge in [-0.1, -0.05) is 42.5 Å². The third kappa shape index (κ3) is 5.54. The minimum atomic E-state index is -1.08. The van der Waals surface area contributed by atoms with Gasteiger partial charge in [-0.2, -0.15) is 0 Å². The monoisotopic (exact) mass is 315 g/mol. The number of carboxylic acid groups (broad SMARTS) is 1. The lowest BCUT2D eigenvalue weighted by atomic mass is 10.0. The number of hydrogen-bond donors (Lipinski definition) is 2. The van der Waals surface area contributed by atoms with Gasteiger partial charge in [-0.3, -0.25) is 4.79 Å². The quantitative estimate of drug-likeness (QED) is 0.825. The summed E-state index contributed by atoms with van der Waals surface area (Å²) < 4.78 is 13.1. The van der Waals surface area contributed by atoms with Crippen LogP contribution < -0.4 is 5.32 Å². The normalized spacial score (nSPS) is 11.7. The fourth-order valence-electron chi connectivity index (χ4n) is 2.29. The SMILES string of the molecule is O=C(Cc1cccc(F)c1)N[C@H](CCc1ccccc1)C(=O)O. The van der Waals surface area contributed by atoms with Crippen molar-refractivity contribution in [3.8, 4) is 0 Å². The van der Waals surface area contributed by atoms with Crippen LogP contribution in [0.1, 0.15) is 17.5 Å². The van der Waals surface area contributed by atoms with E-state index in [0.29, 0.717) is 18.4 Å². The molecule has 0 saturated heterocycles. The summed E-state index contributed by atoms with van der Waals surface area (Å²) in [7, 11) is 0. The van der Waals surface area contributed by atoms with E-state index in [1.807, 2.05) is 30.3 Å². The Labute approximate surface area is 134 Å². The lowest BCUT2D eigenvalue weighted by molar-refractivity contribution is -0.141. The van der Waals surface area contributed by atoms with Crippen molar-refractivity contribution in [1.29, 1.82) is 0 Å². The largest absolute Gasteiger partial charge is 0.480 e. The zero-order valence-electron chi connectivity index (χ0n) is 12.5. The van der Waals surface area contributed by atoms with Crippen LogP contribution in [0.5, 0.6) is 0 Å². The van der Waals surface area contributed by atoms with Crippen LogP contribution in [0.4, 0.5) is 4.39 Å². The molecular weight excluding hydrogens is 297 g/mol. The number of rotatable bonds is 7. The van der Waals surface area contributed by atoms with Crippen LogP contribution in [0.2, 0.25) is 0 Å². The molecule has 0 fully saturated rings. The van der Waals surface area contributed by atoms with E-state index >= 15 is 0 Å². The van der Waals surface area contributed by atoms with Gasteiger partial charge in [0, 0.05) is 0 Å². The summed E-state index contributed by atoms with van der Waals surface area (Å²) in [6, 6.07) is 14.2. The van der Waals surface area contributed by atoms with Gasteiger partial charge in [0.2, 0.25) is 5.91 Å². The number of hydrogen-bond acceptors (Lipinski definition) is 2. The first-order valence-electron chi connectivity index (χ1n) is 7.35. The molecule has 0 spiro atoms. The summed E-state index contributed by atoms with van der Waals surface area (Å²) in [4.78, 5) is 23.2. The second kappa shape index (κ2) is 8.08. The summed E-state index contributed by atoms with van der Waals surface area (Å²) >= 11 is 0. The molecule has 0 heterocycles. The minimum absolute atomic E-state index is 0.0487. The van der Waals surface area contributed by atoms with Crippen molar-refractivity contribution in [1.82, 2.24) is 5.32 Å². The van der Waals surface area contributed by atoms with Gasteiger partial charge in [0.25, 0.3) is 0 Å². The van der Waals surface area contributed by atoms with E-state index in [2.05, 4.69) is 5.32 Å². The molecule has 2 aromatic carbocycles. The van der Waals surface area contributed by atoms with Crippen molar-refractivity contribution < 1.29 is 19.1 Å². The summed E-state index contributed by atoms with van der Waals surface area (Å²) in [6.07, 6.45) is 0.805. The smallest absolute Gasteiger partial charge is 0.326 e. The number of nitrogens with one attached hydrogen (secondary N) is 1. The number of carboxylic acids is 1. The van der Waals surface area contributed by atoms with Gasteiger partial charge in [-0.15, -0.1) is 0 Å². The second-order valence-corrected chi connectivity index (χ2v) is 5.29. The van der Waals surface area contributed by atoms with E-state index in [1.165, 1.54) is 18.2 Å². The van der Waals surface area contributed by atoms with Gasteiger partial charge in [0.15, 0.2) is 0 Å². The third-order valence-electron chi connectivity index (χ3n) is 3.45. The molecule has 0 aliphatic heterocycles. The highest BCUT2D eigenvalue weighted by atomic mass is 19.1. The van der Waals surface area contributed by atoms with Gasteiger partial charge in [-0.05, 0) is 36.1 Å². The Kier molecular flexibility index (Phi) is 5.86. The number of aryl methyl sites for hydroxylation is 1. The minimum Gasteiger partial charge on any atom is -0.480 e. The Bertz CT molecular complexity index is 673. The Morgan fingerprint density at radius 2 is 1.74 bits per heavy atom. The molecule has 5 heteroatoms. The Hall–Kier alpha value is -2.69. The molecule has 0 bridgehead atoms. The van der Waals surface area contributed by atoms with Crippen LogP contribution in [0.15, 0.2) is 54.6 Å². The van der Waals surface area contributed by atoms with Crippen LogP contribution >= 0.6 is 0 Å². The van der Waals surface area contributed by atoms with Crippen molar-refractivity contribution in [3.63, 3.8) is 0 Å². The average Bonchev–Trinajstić information content (AvgIpc) is 2.52. The lowest BCUT2D eigenvalue weighted by Gasteiger charge is -2.14. The molecule has 4 nitrogen and oxygen atoms in total. The number of amides is 1. The fraction of sp³-hybridized carbons (Fsp3) is 0.222. The topological polar surface area (TPSA) is 66.4 Å². The molecule has 0 aliphatic rings. The van der Waals surface area contributed by atoms with Crippen molar-refractivity contribution in [3.05, 3.63) is 71.5 Å². The molecule has 0 saturated carbocycles. The van der Waals surface area contributed by atoms with E-state index in [4.69, 9.17) is 0 Å². The number of halogens is 1. The second-order valence-electron chi connectivity index (χ2n) is 5.29. The van der Waals surface area contributed by atoms with Gasteiger partial charge < -0.3 is 10.4 Å². The summed E-state index contributed by atoms with van der Waals surface area (Å²) in [5.74, 6) is -1.93. The van der Waals surface area contributed by atoms with E-state index in [1.54, 1.807) is 6.07 Å². The molecule has 0 unspecified atom stereocenters. The highest BCUT2D eigenvalue weighted by Gasteiger charge is 2.19.